The average Bonchev–Trinajstić information content (AvgIpc) is 3.00. The molecule has 148 valence electrons. The third-order valence-corrected chi connectivity index (χ3v) is 4.66. The molecule has 0 radical (unpaired) electrons. The van der Waals surface area contributed by atoms with E-state index in [1.54, 1.807) is 20.8 Å². The maximum Gasteiger partial charge on any atom is 0.407 e. The van der Waals surface area contributed by atoms with Gasteiger partial charge in [-0.05, 0) is 51.3 Å². The largest absolute Gasteiger partial charge is 0.444 e. The van der Waals surface area contributed by atoms with Gasteiger partial charge in [-0.3, -0.25) is 9.63 Å². The van der Waals surface area contributed by atoms with Crippen LogP contribution < -0.4 is 5.32 Å². The summed E-state index contributed by atoms with van der Waals surface area (Å²) >= 11 is 0. The molecule has 1 atom stereocenters. The number of nitrogens with zero attached hydrogens (tertiary/aromatic N) is 1. The van der Waals surface area contributed by atoms with Gasteiger partial charge >= 0.3 is 6.09 Å². The van der Waals surface area contributed by atoms with Crippen molar-refractivity contribution < 1.29 is 27.9 Å². The summed E-state index contributed by atoms with van der Waals surface area (Å²) in [5.74, 6) is -2.36. The molecule has 2 fully saturated rings. The normalized spacial score (nSPS) is 25.1. The maximum absolute atomic E-state index is 13.5. The minimum atomic E-state index is -0.947. The van der Waals surface area contributed by atoms with Gasteiger partial charge in [-0.1, -0.05) is 6.07 Å². The molecular weight excluding hydrogens is 358 g/mol. The van der Waals surface area contributed by atoms with E-state index in [0.717, 1.165) is 12.1 Å². The molecule has 0 aromatic heterocycles. The Morgan fingerprint density at radius 3 is 2.56 bits per heavy atom. The molecule has 1 saturated heterocycles. The molecule has 1 heterocycles. The topological polar surface area (TPSA) is 67.9 Å². The number of rotatable bonds is 3. The highest BCUT2D eigenvalue weighted by Crippen LogP contribution is 2.37. The lowest BCUT2D eigenvalue weighted by atomic mass is 9.79. The molecule has 6 nitrogen and oxygen atoms in total. The Morgan fingerprint density at radius 2 is 1.93 bits per heavy atom. The number of hydroxylamine groups is 2. The number of amides is 2. The number of nitrogens with one attached hydrogen (secondary N) is 1. The summed E-state index contributed by atoms with van der Waals surface area (Å²) in [6.45, 7) is 5.68. The molecule has 1 aliphatic carbocycles. The van der Waals surface area contributed by atoms with Crippen molar-refractivity contribution in [3.8, 4) is 0 Å². The molecule has 1 saturated carbocycles. The van der Waals surface area contributed by atoms with Gasteiger partial charge in [0.15, 0.2) is 11.6 Å². The Kier molecular flexibility index (Phi) is 5.37. The molecule has 0 bridgehead atoms. The van der Waals surface area contributed by atoms with Gasteiger partial charge in [0.05, 0.1) is 12.6 Å². The second-order valence-corrected chi connectivity index (χ2v) is 7.99. The van der Waals surface area contributed by atoms with Crippen molar-refractivity contribution >= 4 is 12.0 Å². The molecule has 0 spiro atoms. The van der Waals surface area contributed by atoms with Crippen molar-refractivity contribution in [1.82, 2.24) is 10.4 Å². The monoisotopic (exact) mass is 382 g/mol. The van der Waals surface area contributed by atoms with Gasteiger partial charge in [0.2, 0.25) is 5.91 Å². The van der Waals surface area contributed by atoms with Crippen molar-refractivity contribution in [2.45, 2.75) is 57.7 Å². The van der Waals surface area contributed by atoms with Gasteiger partial charge in [0.25, 0.3) is 0 Å². The number of hydrogen-bond acceptors (Lipinski definition) is 4. The van der Waals surface area contributed by atoms with E-state index in [2.05, 4.69) is 5.32 Å². The number of halogens is 2. The molecule has 1 aromatic carbocycles. The maximum atomic E-state index is 13.5. The summed E-state index contributed by atoms with van der Waals surface area (Å²) in [5, 5.41) is 4.01. The van der Waals surface area contributed by atoms with Crippen LogP contribution in [-0.4, -0.2) is 35.3 Å². The van der Waals surface area contributed by atoms with Gasteiger partial charge in [-0.25, -0.2) is 18.6 Å². The van der Waals surface area contributed by atoms with Crippen LogP contribution in [0.25, 0.3) is 0 Å². The highest BCUT2D eigenvalue weighted by atomic mass is 19.2. The van der Waals surface area contributed by atoms with Gasteiger partial charge in [-0.2, -0.15) is 0 Å². The van der Waals surface area contributed by atoms with Crippen molar-refractivity contribution in [3.05, 3.63) is 35.4 Å². The van der Waals surface area contributed by atoms with E-state index >= 15 is 0 Å². The number of hydrogen-bond donors (Lipinski definition) is 1. The van der Waals surface area contributed by atoms with E-state index in [1.807, 2.05) is 0 Å². The predicted molar refractivity (Wildman–Crippen MR) is 92.4 cm³/mol. The highest BCUT2D eigenvalue weighted by Gasteiger charge is 2.42. The fourth-order valence-electron chi connectivity index (χ4n) is 3.30. The molecule has 1 aliphatic heterocycles. The standard InChI is InChI=1S/C19H24F2N2O4/c1-19(2,3)27-18(25)22-13-8-12(9-13)17(24)23-16(6-7-26-23)11-4-5-14(20)15(21)10-11/h4-5,10,12-13,16H,6-9H2,1-3H3,(H,22,25)/t12?,13?,16-/m0/s1. The third kappa shape index (κ3) is 4.55. The van der Waals surface area contributed by atoms with Gasteiger partial charge in [0, 0.05) is 18.4 Å². The predicted octanol–water partition coefficient (Wildman–Crippen LogP) is 3.47. The van der Waals surface area contributed by atoms with Crippen LogP contribution in [0.5, 0.6) is 0 Å². The van der Waals surface area contributed by atoms with Crippen LogP contribution in [0.1, 0.15) is 51.6 Å². The molecular formula is C19H24F2N2O4. The molecule has 0 unspecified atom stereocenters. The van der Waals surface area contributed by atoms with Crippen LogP contribution in [-0.2, 0) is 14.4 Å². The summed E-state index contributed by atoms with van der Waals surface area (Å²) < 4.78 is 31.9. The first kappa shape index (κ1) is 19.5. The zero-order valence-electron chi connectivity index (χ0n) is 15.6. The van der Waals surface area contributed by atoms with Crippen LogP contribution in [0.3, 0.4) is 0 Å². The Balaban J connectivity index is 1.55. The van der Waals surface area contributed by atoms with Crippen molar-refractivity contribution in [3.63, 3.8) is 0 Å². The van der Waals surface area contributed by atoms with E-state index < -0.39 is 29.4 Å². The van der Waals surface area contributed by atoms with Crippen molar-refractivity contribution in [1.29, 1.82) is 0 Å². The molecule has 1 aromatic rings. The second-order valence-electron chi connectivity index (χ2n) is 7.99. The highest BCUT2D eigenvalue weighted by molar-refractivity contribution is 5.80. The smallest absolute Gasteiger partial charge is 0.407 e. The minimum Gasteiger partial charge on any atom is -0.444 e. The first-order valence-electron chi connectivity index (χ1n) is 9.04. The third-order valence-electron chi connectivity index (χ3n) is 4.66. The SMILES string of the molecule is CC(C)(C)OC(=O)NC1CC(C(=O)N2OCC[C@H]2c2ccc(F)c(F)c2)C1. The number of carbonyl (C=O) groups excluding carboxylic acids is 2. The zero-order valence-corrected chi connectivity index (χ0v) is 15.6. The lowest BCUT2D eigenvalue weighted by molar-refractivity contribution is -0.185. The number of alkyl carbamates (subject to hydrolysis) is 1. The van der Waals surface area contributed by atoms with Crippen LogP contribution in [0.15, 0.2) is 18.2 Å². The molecule has 2 amide bonds. The summed E-state index contributed by atoms with van der Waals surface area (Å²) in [7, 11) is 0. The van der Waals surface area contributed by atoms with Crippen molar-refractivity contribution in [2.75, 3.05) is 6.61 Å². The van der Waals surface area contributed by atoms with Gasteiger partial charge in [0.1, 0.15) is 5.60 Å². The quantitative estimate of drug-likeness (QED) is 0.869. The van der Waals surface area contributed by atoms with Crippen molar-refractivity contribution in [2.24, 2.45) is 5.92 Å². The Hall–Kier alpha value is -2.22. The molecule has 8 heteroatoms. The molecule has 3 rings (SSSR count). The number of benzene rings is 1. The zero-order chi connectivity index (χ0) is 19.8. The Bertz CT molecular complexity index is 729. The van der Waals surface area contributed by atoms with Crippen LogP contribution in [0, 0.1) is 17.6 Å². The van der Waals surface area contributed by atoms with Crippen LogP contribution >= 0.6 is 0 Å². The number of ether oxygens (including phenoxy) is 1. The first-order valence-corrected chi connectivity index (χ1v) is 9.04. The van der Waals surface area contributed by atoms with Gasteiger partial charge < -0.3 is 10.1 Å². The fraction of sp³-hybridized carbons (Fsp3) is 0.579. The molecule has 27 heavy (non-hydrogen) atoms. The lowest BCUT2D eigenvalue weighted by Crippen LogP contribution is -2.50. The first-order chi connectivity index (χ1) is 12.6. The van der Waals surface area contributed by atoms with E-state index in [4.69, 9.17) is 9.57 Å². The second kappa shape index (κ2) is 7.42. The number of carbonyl (C=O) groups is 2. The van der Waals surface area contributed by atoms with E-state index in [-0.39, 0.29) is 17.9 Å². The summed E-state index contributed by atoms with van der Waals surface area (Å²) in [4.78, 5) is 29.9. The van der Waals surface area contributed by atoms with Crippen LogP contribution in [0.4, 0.5) is 13.6 Å². The lowest BCUT2D eigenvalue weighted by Gasteiger charge is -2.37. The summed E-state index contributed by atoms with van der Waals surface area (Å²) in [6.07, 6.45) is 0.990. The Morgan fingerprint density at radius 1 is 1.22 bits per heavy atom. The summed E-state index contributed by atoms with van der Waals surface area (Å²) in [5.41, 5.74) is -0.0770. The Labute approximate surface area is 156 Å². The van der Waals surface area contributed by atoms with E-state index in [9.17, 15) is 18.4 Å². The van der Waals surface area contributed by atoms with E-state index in [1.165, 1.54) is 11.1 Å². The van der Waals surface area contributed by atoms with Gasteiger partial charge in [-0.15, -0.1) is 0 Å². The fourth-order valence-corrected chi connectivity index (χ4v) is 3.30. The van der Waals surface area contributed by atoms with E-state index in [0.29, 0.717) is 31.4 Å². The summed E-state index contributed by atoms with van der Waals surface area (Å²) in [6, 6.07) is 3.05. The molecule has 2 aliphatic rings. The average molecular weight is 382 g/mol. The molecule has 1 N–H and O–H groups in total. The minimum absolute atomic E-state index is 0.127. The van der Waals surface area contributed by atoms with Crippen LogP contribution in [0.2, 0.25) is 0 Å².